The molecule has 0 aromatic carbocycles. The van der Waals surface area contributed by atoms with Crippen LogP contribution in [0.5, 0.6) is 0 Å². The van der Waals surface area contributed by atoms with Gasteiger partial charge in [0.15, 0.2) is 0 Å². The molecular formula is C7H9ClO3. The van der Waals surface area contributed by atoms with Crippen LogP contribution in [0.15, 0.2) is 24.0 Å². The summed E-state index contributed by atoms with van der Waals surface area (Å²) in [6, 6.07) is 0. The summed E-state index contributed by atoms with van der Waals surface area (Å²) in [4.78, 5) is 10.7. The smallest absolute Gasteiger partial charge is 0.340 e. The first kappa shape index (κ1) is 10.0. The molecule has 0 saturated carbocycles. The van der Waals surface area contributed by atoms with Gasteiger partial charge in [-0.15, -0.1) is 12.4 Å². The van der Waals surface area contributed by atoms with Crippen molar-refractivity contribution < 1.29 is 14.3 Å². The van der Waals surface area contributed by atoms with E-state index in [4.69, 9.17) is 4.74 Å². The normalized spacial score (nSPS) is 14.1. The molecule has 4 heteroatoms. The van der Waals surface area contributed by atoms with Crippen LogP contribution in [-0.2, 0) is 14.3 Å². The number of ether oxygens (including phenoxy) is 2. The highest BCUT2D eigenvalue weighted by atomic mass is 35.5. The van der Waals surface area contributed by atoms with Crippen LogP contribution in [0.4, 0.5) is 0 Å². The largest absolute Gasteiger partial charge is 0.496 e. The summed E-state index contributed by atoms with van der Waals surface area (Å²) < 4.78 is 9.31. The Labute approximate surface area is 71.1 Å². The van der Waals surface area contributed by atoms with Crippen molar-refractivity contribution in [2.75, 3.05) is 13.7 Å². The summed E-state index contributed by atoms with van der Waals surface area (Å²) in [6.45, 7) is 0.528. The van der Waals surface area contributed by atoms with Crippen molar-refractivity contribution in [3.63, 3.8) is 0 Å². The highest BCUT2D eigenvalue weighted by Gasteiger charge is 2.07. The quantitative estimate of drug-likeness (QED) is 0.561. The molecule has 0 aliphatic carbocycles. The molecule has 0 saturated heterocycles. The van der Waals surface area contributed by atoms with Crippen LogP contribution in [0.3, 0.4) is 0 Å². The first-order valence-electron chi connectivity index (χ1n) is 2.91. The van der Waals surface area contributed by atoms with E-state index in [0.717, 1.165) is 0 Å². The summed E-state index contributed by atoms with van der Waals surface area (Å²) in [5, 5.41) is 0. The van der Waals surface area contributed by atoms with Gasteiger partial charge in [-0.2, -0.15) is 0 Å². The average molecular weight is 177 g/mol. The minimum Gasteiger partial charge on any atom is -0.496 e. The maximum Gasteiger partial charge on any atom is 0.340 e. The summed E-state index contributed by atoms with van der Waals surface area (Å²) >= 11 is 0. The van der Waals surface area contributed by atoms with E-state index < -0.39 is 0 Å². The lowest BCUT2D eigenvalue weighted by atomic mass is 10.2. The molecule has 0 spiro atoms. The third-order valence-electron chi connectivity index (χ3n) is 1.12. The second kappa shape index (κ2) is 4.79. The van der Waals surface area contributed by atoms with Gasteiger partial charge >= 0.3 is 5.97 Å². The molecular weight excluding hydrogens is 168 g/mol. The Morgan fingerprint density at radius 2 is 2.45 bits per heavy atom. The molecule has 0 radical (unpaired) electrons. The van der Waals surface area contributed by atoms with Gasteiger partial charge in [0.2, 0.25) is 0 Å². The summed E-state index contributed by atoms with van der Waals surface area (Å²) in [5.41, 5.74) is 0.453. The predicted octanol–water partition coefficient (Wildman–Crippen LogP) is 1.05. The standard InChI is InChI=1S/C7H8O3.ClH/c1-9-7(8)6-3-2-4-10-5-6;/h2-3,5H,4H2,1H3;1H. The highest BCUT2D eigenvalue weighted by Crippen LogP contribution is 2.04. The molecule has 0 N–H and O–H groups in total. The van der Waals surface area contributed by atoms with Gasteiger partial charge in [-0.3, -0.25) is 0 Å². The van der Waals surface area contributed by atoms with E-state index in [0.29, 0.717) is 12.2 Å². The van der Waals surface area contributed by atoms with Crippen LogP contribution in [0.2, 0.25) is 0 Å². The first-order valence-corrected chi connectivity index (χ1v) is 2.91. The predicted molar refractivity (Wildman–Crippen MR) is 42.4 cm³/mol. The number of rotatable bonds is 1. The van der Waals surface area contributed by atoms with Crippen molar-refractivity contribution in [2.24, 2.45) is 0 Å². The molecule has 0 fully saturated rings. The molecule has 1 aliphatic heterocycles. The number of methoxy groups -OCH3 is 1. The summed E-state index contributed by atoms with van der Waals surface area (Å²) in [7, 11) is 1.34. The Bertz CT molecular complexity index is 196. The second-order valence-corrected chi connectivity index (χ2v) is 1.80. The molecule has 3 nitrogen and oxygen atoms in total. The molecule has 62 valence electrons. The Hall–Kier alpha value is -0.960. The van der Waals surface area contributed by atoms with Crippen LogP contribution in [0, 0.1) is 0 Å². The molecule has 0 unspecified atom stereocenters. The maximum atomic E-state index is 10.7. The van der Waals surface area contributed by atoms with Gasteiger partial charge in [-0.1, -0.05) is 0 Å². The average Bonchev–Trinajstić information content (AvgIpc) is 2.05. The van der Waals surface area contributed by atoms with E-state index in [1.165, 1.54) is 13.4 Å². The van der Waals surface area contributed by atoms with Gasteiger partial charge < -0.3 is 9.47 Å². The van der Waals surface area contributed by atoms with Gasteiger partial charge in [0.05, 0.1) is 18.9 Å². The van der Waals surface area contributed by atoms with E-state index in [2.05, 4.69) is 4.74 Å². The number of carbonyl (C=O) groups excluding carboxylic acids is 1. The lowest BCUT2D eigenvalue weighted by molar-refractivity contribution is -0.135. The number of carbonyl (C=O) groups is 1. The highest BCUT2D eigenvalue weighted by molar-refractivity contribution is 5.91. The second-order valence-electron chi connectivity index (χ2n) is 1.80. The molecule has 1 rings (SSSR count). The van der Waals surface area contributed by atoms with Gasteiger partial charge in [0.1, 0.15) is 6.61 Å². The fraction of sp³-hybridized carbons (Fsp3) is 0.286. The van der Waals surface area contributed by atoms with Gasteiger partial charge in [0, 0.05) is 0 Å². The van der Waals surface area contributed by atoms with Crippen molar-refractivity contribution in [1.82, 2.24) is 0 Å². The van der Waals surface area contributed by atoms with E-state index >= 15 is 0 Å². The Kier molecular flexibility index (Phi) is 4.38. The minimum atomic E-state index is -0.365. The van der Waals surface area contributed by atoms with Crippen molar-refractivity contribution in [3.8, 4) is 0 Å². The van der Waals surface area contributed by atoms with Gasteiger partial charge in [-0.25, -0.2) is 4.79 Å². The molecule has 11 heavy (non-hydrogen) atoms. The van der Waals surface area contributed by atoms with E-state index in [1.807, 2.05) is 0 Å². The summed E-state index contributed by atoms with van der Waals surface area (Å²) in [6.07, 6.45) is 4.83. The fourth-order valence-electron chi connectivity index (χ4n) is 0.642. The topological polar surface area (TPSA) is 35.5 Å². The minimum absolute atomic E-state index is 0. The van der Waals surface area contributed by atoms with Crippen molar-refractivity contribution in [3.05, 3.63) is 24.0 Å². The van der Waals surface area contributed by atoms with Crippen LogP contribution in [0.25, 0.3) is 0 Å². The molecule has 0 bridgehead atoms. The van der Waals surface area contributed by atoms with Crippen LogP contribution in [-0.4, -0.2) is 19.7 Å². The summed E-state index contributed by atoms with van der Waals surface area (Å²) in [5.74, 6) is -0.365. The zero-order chi connectivity index (χ0) is 7.40. The number of hydrogen-bond acceptors (Lipinski definition) is 3. The lowest BCUT2D eigenvalue weighted by Gasteiger charge is -2.04. The molecule has 1 aliphatic rings. The van der Waals surface area contributed by atoms with Crippen molar-refractivity contribution in [1.29, 1.82) is 0 Å². The van der Waals surface area contributed by atoms with Crippen LogP contribution >= 0.6 is 12.4 Å². The molecule has 0 aromatic rings. The van der Waals surface area contributed by atoms with Gasteiger partial charge in [0.25, 0.3) is 0 Å². The van der Waals surface area contributed by atoms with E-state index in [-0.39, 0.29) is 18.4 Å². The zero-order valence-electron chi connectivity index (χ0n) is 6.07. The van der Waals surface area contributed by atoms with Crippen LogP contribution in [0.1, 0.15) is 0 Å². The number of esters is 1. The van der Waals surface area contributed by atoms with Crippen LogP contribution < -0.4 is 0 Å². The van der Waals surface area contributed by atoms with Gasteiger partial charge in [-0.05, 0) is 12.2 Å². The SMILES string of the molecule is COC(=O)C1=COCC=C1.Cl. The first-order chi connectivity index (χ1) is 4.84. The molecule has 1 heterocycles. The third-order valence-corrected chi connectivity index (χ3v) is 1.12. The lowest BCUT2D eigenvalue weighted by Crippen LogP contribution is -2.05. The van der Waals surface area contributed by atoms with E-state index in [1.54, 1.807) is 12.2 Å². The monoisotopic (exact) mass is 176 g/mol. The number of hydrogen-bond donors (Lipinski definition) is 0. The fourth-order valence-corrected chi connectivity index (χ4v) is 0.642. The van der Waals surface area contributed by atoms with Crippen molar-refractivity contribution >= 4 is 18.4 Å². The molecule has 0 atom stereocenters. The molecule has 0 amide bonds. The van der Waals surface area contributed by atoms with Crippen molar-refractivity contribution in [2.45, 2.75) is 0 Å². The Morgan fingerprint density at radius 1 is 1.73 bits per heavy atom. The third kappa shape index (κ3) is 2.63. The molecule has 0 aromatic heterocycles. The zero-order valence-corrected chi connectivity index (χ0v) is 6.89. The Balaban J connectivity index is 0.000001000. The van der Waals surface area contributed by atoms with E-state index in [9.17, 15) is 4.79 Å². The number of halogens is 1. The Morgan fingerprint density at radius 3 is 2.91 bits per heavy atom. The maximum absolute atomic E-state index is 10.7.